The fraction of sp³-hybridized carbons (Fsp3) is 0.130. The molecular formula is C23H20FN3O3. The first-order chi connectivity index (χ1) is 14.4. The van der Waals surface area contributed by atoms with Crippen LogP contribution in [0.5, 0.6) is 0 Å². The Morgan fingerprint density at radius 3 is 2.47 bits per heavy atom. The summed E-state index contributed by atoms with van der Waals surface area (Å²) in [6.07, 6.45) is 0. The highest BCUT2D eigenvalue weighted by Crippen LogP contribution is 2.29. The molecule has 6 nitrogen and oxygen atoms in total. The van der Waals surface area contributed by atoms with Gasteiger partial charge in [0.25, 0.3) is 11.8 Å². The average molecular weight is 405 g/mol. The average Bonchev–Trinajstić information content (AvgIpc) is 3.30. The van der Waals surface area contributed by atoms with Gasteiger partial charge >= 0.3 is 0 Å². The fourth-order valence-corrected chi connectivity index (χ4v) is 3.23. The van der Waals surface area contributed by atoms with Gasteiger partial charge in [0.2, 0.25) is 0 Å². The minimum Gasteiger partial charge on any atom is -0.465 e. The molecule has 2 heterocycles. The van der Waals surface area contributed by atoms with Crippen LogP contribution in [-0.4, -0.2) is 16.8 Å². The first-order valence-corrected chi connectivity index (χ1v) is 9.43. The second-order valence-corrected chi connectivity index (χ2v) is 7.08. The number of furan rings is 1. The first-order valence-electron chi connectivity index (χ1n) is 9.43. The molecule has 0 radical (unpaired) electrons. The van der Waals surface area contributed by atoms with E-state index in [0.29, 0.717) is 22.4 Å². The van der Waals surface area contributed by atoms with Crippen molar-refractivity contribution >= 4 is 28.4 Å². The van der Waals surface area contributed by atoms with Gasteiger partial charge in [-0.05, 0) is 62.4 Å². The minimum absolute atomic E-state index is 0.215. The third-order valence-electron chi connectivity index (χ3n) is 4.75. The number of anilines is 1. The number of aromatic nitrogens is 1. The van der Waals surface area contributed by atoms with Gasteiger partial charge < -0.3 is 20.0 Å². The molecule has 0 aliphatic rings. The maximum Gasteiger partial charge on any atom is 0.270 e. The van der Waals surface area contributed by atoms with Crippen LogP contribution in [0.2, 0.25) is 0 Å². The first kappa shape index (κ1) is 19.4. The van der Waals surface area contributed by atoms with Gasteiger partial charge in [0.1, 0.15) is 23.0 Å². The zero-order chi connectivity index (χ0) is 21.3. The Kier molecular flexibility index (Phi) is 5.10. The van der Waals surface area contributed by atoms with E-state index in [4.69, 9.17) is 4.42 Å². The molecule has 0 atom stereocenters. The molecule has 2 aromatic heterocycles. The lowest BCUT2D eigenvalue weighted by Gasteiger charge is -2.08. The summed E-state index contributed by atoms with van der Waals surface area (Å²) in [4.78, 5) is 28.7. The Hall–Kier alpha value is -3.87. The number of halogens is 1. The van der Waals surface area contributed by atoms with Crippen LogP contribution in [0.15, 0.2) is 59.0 Å². The van der Waals surface area contributed by atoms with Crippen LogP contribution in [0.3, 0.4) is 0 Å². The highest BCUT2D eigenvalue weighted by atomic mass is 19.1. The zero-order valence-electron chi connectivity index (χ0n) is 16.5. The van der Waals surface area contributed by atoms with Crippen molar-refractivity contribution in [1.29, 1.82) is 0 Å². The molecule has 0 aliphatic carbocycles. The number of amides is 2. The Morgan fingerprint density at radius 1 is 1.00 bits per heavy atom. The fourth-order valence-electron chi connectivity index (χ4n) is 3.23. The number of benzene rings is 2. The van der Waals surface area contributed by atoms with Crippen molar-refractivity contribution in [3.8, 4) is 0 Å². The molecule has 0 fully saturated rings. The third-order valence-corrected chi connectivity index (χ3v) is 4.75. The van der Waals surface area contributed by atoms with E-state index in [9.17, 15) is 14.0 Å². The molecule has 30 heavy (non-hydrogen) atoms. The van der Waals surface area contributed by atoms with Gasteiger partial charge in [0.05, 0.1) is 12.2 Å². The largest absolute Gasteiger partial charge is 0.465 e. The van der Waals surface area contributed by atoms with Crippen LogP contribution in [0.4, 0.5) is 10.1 Å². The van der Waals surface area contributed by atoms with E-state index in [0.717, 1.165) is 11.3 Å². The highest BCUT2D eigenvalue weighted by molar-refractivity contribution is 6.15. The number of carbonyl (C=O) groups is 2. The summed E-state index contributed by atoms with van der Waals surface area (Å²) in [7, 11) is 0. The molecular weight excluding hydrogens is 385 g/mol. The molecule has 0 saturated carbocycles. The number of hydrogen-bond donors (Lipinski definition) is 3. The molecule has 7 heteroatoms. The van der Waals surface area contributed by atoms with Gasteiger partial charge in [-0.1, -0.05) is 11.6 Å². The van der Waals surface area contributed by atoms with Crippen molar-refractivity contribution < 1.29 is 18.4 Å². The Labute approximate surface area is 172 Å². The summed E-state index contributed by atoms with van der Waals surface area (Å²) in [5.41, 5.74) is 2.59. The lowest BCUT2D eigenvalue weighted by Crippen LogP contribution is -2.24. The van der Waals surface area contributed by atoms with Gasteiger partial charge in [0, 0.05) is 16.5 Å². The van der Waals surface area contributed by atoms with Crippen LogP contribution >= 0.6 is 0 Å². The molecule has 0 spiro atoms. The molecule has 0 saturated heterocycles. The second-order valence-electron chi connectivity index (χ2n) is 7.08. The van der Waals surface area contributed by atoms with Crippen molar-refractivity contribution in [1.82, 2.24) is 10.3 Å². The molecule has 2 aromatic carbocycles. The van der Waals surface area contributed by atoms with Crippen LogP contribution in [0.25, 0.3) is 10.9 Å². The quantitative estimate of drug-likeness (QED) is 0.450. The normalized spacial score (nSPS) is 10.9. The maximum atomic E-state index is 13.2. The van der Waals surface area contributed by atoms with Crippen LogP contribution in [0, 0.1) is 19.7 Å². The molecule has 0 aliphatic heterocycles. The number of carbonyl (C=O) groups excluding carboxylic acids is 2. The summed E-state index contributed by atoms with van der Waals surface area (Å²) in [6.45, 7) is 3.97. The molecule has 3 N–H and O–H groups in total. The SMILES string of the molecule is Cc1ccc2[nH]c(C(=O)NCc3ccc(C)o3)c(NC(=O)c3ccc(F)cc3)c2c1. The number of hydrogen-bond acceptors (Lipinski definition) is 3. The summed E-state index contributed by atoms with van der Waals surface area (Å²) < 4.78 is 18.7. The number of fused-ring (bicyclic) bond motifs is 1. The number of rotatable bonds is 5. The van der Waals surface area contributed by atoms with Crippen molar-refractivity contribution in [3.05, 3.63) is 88.8 Å². The van der Waals surface area contributed by atoms with Crippen LogP contribution in [-0.2, 0) is 6.54 Å². The number of aryl methyl sites for hydroxylation is 2. The van der Waals surface area contributed by atoms with E-state index in [2.05, 4.69) is 15.6 Å². The molecule has 4 aromatic rings. The lowest BCUT2D eigenvalue weighted by atomic mass is 10.1. The summed E-state index contributed by atoms with van der Waals surface area (Å²) in [5.74, 6) is 0.139. The van der Waals surface area contributed by atoms with E-state index in [1.807, 2.05) is 38.1 Å². The van der Waals surface area contributed by atoms with Gasteiger partial charge in [-0.15, -0.1) is 0 Å². The monoisotopic (exact) mass is 405 g/mol. The Bertz CT molecular complexity index is 1240. The predicted octanol–water partition coefficient (Wildman–Crippen LogP) is 4.70. The van der Waals surface area contributed by atoms with Crippen LogP contribution < -0.4 is 10.6 Å². The molecule has 2 amide bonds. The maximum absolute atomic E-state index is 13.2. The molecule has 152 valence electrons. The van der Waals surface area contributed by atoms with Crippen molar-refractivity contribution in [2.75, 3.05) is 5.32 Å². The zero-order valence-corrected chi connectivity index (χ0v) is 16.5. The van der Waals surface area contributed by atoms with E-state index < -0.39 is 11.7 Å². The van der Waals surface area contributed by atoms with Crippen molar-refractivity contribution in [2.24, 2.45) is 0 Å². The van der Waals surface area contributed by atoms with Gasteiger partial charge in [0.15, 0.2) is 0 Å². The topological polar surface area (TPSA) is 87.1 Å². The standard InChI is InChI=1S/C23H20FN3O3/c1-13-3-10-19-18(11-13)20(27-22(28)15-5-7-16(24)8-6-15)21(26-19)23(29)25-12-17-9-4-14(2)30-17/h3-11,26H,12H2,1-2H3,(H,25,29)(H,27,28). The van der Waals surface area contributed by atoms with E-state index in [1.165, 1.54) is 24.3 Å². The minimum atomic E-state index is -0.437. The van der Waals surface area contributed by atoms with Crippen molar-refractivity contribution in [2.45, 2.75) is 20.4 Å². The number of H-pyrrole nitrogens is 1. The number of nitrogens with one attached hydrogen (secondary N) is 3. The third kappa shape index (κ3) is 3.96. The van der Waals surface area contributed by atoms with E-state index >= 15 is 0 Å². The highest BCUT2D eigenvalue weighted by Gasteiger charge is 2.20. The molecule has 0 unspecified atom stereocenters. The lowest BCUT2D eigenvalue weighted by molar-refractivity contribution is 0.0944. The summed E-state index contributed by atoms with van der Waals surface area (Å²) >= 11 is 0. The van der Waals surface area contributed by atoms with Crippen molar-refractivity contribution in [3.63, 3.8) is 0 Å². The van der Waals surface area contributed by atoms with Gasteiger partial charge in [-0.2, -0.15) is 0 Å². The number of aromatic amines is 1. The predicted molar refractivity (Wildman–Crippen MR) is 112 cm³/mol. The second kappa shape index (κ2) is 7.87. The Balaban J connectivity index is 1.65. The smallest absolute Gasteiger partial charge is 0.270 e. The van der Waals surface area contributed by atoms with Crippen LogP contribution in [0.1, 0.15) is 37.9 Å². The molecule has 0 bridgehead atoms. The Morgan fingerprint density at radius 2 is 1.77 bits per heavy atom. The summed E-state index contributed by atoms with van der Waals surface area (Å²) in [6, 6.07) is 14.5. The van der Waals surface area contributed by atoms with Gasteiger partial charge in [-0.25, -0.2) is 4.39 Å². The summed E-state index contributed by atoms with van der Waals surface area (Å²) in [5, 5.41) is 6.32. The van der Waals surface area contributed by atoms with E-state index in [1.54, 1.807) is 6.07 Å². The van der Waals surface area contributed by atoms with Gasteiger partial charge in [-0.3, -0.25) is 9.59 Å². The molecule has 4 rings (SSSR count). The van der Waals surface area contributed by atoms with E-state index in [-0.39, 0.29) is 23.7 Å².